The van der Waals surface area contributed by atoms with E-state index >= 15 is 0 Å². The van der Waals surface area contributed by atoms with Crippen molar-refractivity contribution in [1.29, 1.82) is 0 Å². The molecule has 0 radical (unpaired) electrons. The summed E-state index contributed by atoms with van der Waals surface area (Å²) in [6.45, 7) is -0.0516. The van der Waals surface area contributed by atoms with Crippen molar-refractivity contribution in [2.75, 3.05) is 6.61 Å². The Labute approximate surface area is 114 Å². The highest BCUT2D eigenvalue weighted by Crippen LogP contribution is 2.34. The van der Waals surface area contributed by atoms with E-state index in [4.69, 9.17) is 5.11 Å². The fraction of sp³-hybridized carbons (Fsp3) is 0.500. The van der Waals surface area contributed by atoms with E-state index in [0.717, 1.165) is 25.0 Å². The predicted molar refractivity (Wildman–Crippen MR) is 67.1 cm³/mol. The quantitative estimate of drug-likeness (QED) is 0.874. The number of carbonyl (C=O) groups excluding carboxylic acids is 1. The van der Waals surface area contributed by atoms with Crippen LogP contribution in [0.15, 0.2) is 24.3 Å². The summed E-state index contributed by atoms with van der Waals surface area (Å²) in [5, 5.41) is 11.7. The molecule has 1 aromatic rings. The van der Waals surface area contributed by atoms with Crippen LogP contribution in [0.1, 0.15) is 35.2 Å². The molecule has 0 aromatic heterocycles. The second kappa shape index (κ2) is 5.83. The van der Waals surface area contributed by atoms with E-state index in [-0.39, 0.29) is 18.2 Å². The molecule has 0 aliphatic heterocycles. The van der Waals surface area contributed by atoms with Gasteiger partial charge < -0.3 is 10.4 Å². The first kappa shape index (κ1) is 14.8. The molecule has 1 aromatic carbocycles. The van der Waals surface area contributed by atoms with Crippen LogP contribution in [-0.4, -0.2) is 23.7 Å². The number of amides is 1. The van der Waals surface area contributed by atoms with E-state index < -0.39 is 17.6 Å². The van der Waals surface area contributed by atoms with Crippen molar-refractivity contribution < 1.29 is 23.1 Å². The monoisotopic (exact) mass is 287 g/mol. The van der Waals surface area contributed by atoms with Crippen LogP contribution in [0, 0.1) is 5.92 Å². The Morgan fingerprint density at radius 3 is 2.65 bits per heavy atom. The van der Waals surface area contributed by atoms with Crippen molar-refractivity contribution in [2.45, 2.75) is 31.5 Å². The van der Waals surface area contributed by atoms with Crippen LogP contribution in [0.3, 0.4) is 0 Å². The molecular weight excluding hydrogens is 271 g/mol. The standard InChI is InChI=1S/C14H16F3NO2/c15-14(16,17)11-3-1-2-10(8-11)13(20)18-12(6-7-19)9-4-5-9/h1-3,8-9,12,19H,4-7H2,(H,18,20). The average molecular weight is 287 g/mol. The van der Waals surface area contributed by atoms with E-state index in [1.165, 1.54) is 12.1 Å². The minimum atomic E-state index is -4.46. The van der Waals surface area contributed by atoms with Crippen LogP contribution in [0.2, 0.25) is 0 Å². The summed E-state index contributed by atoms with van der Waals surface area (Å²) in [7, 11) is 0. The van der Waals surface area contributed by atoms with Gasteiger partial charge in [-0.15, -0.1) is 0 Å². The summed E-state index contributed by atoms with van der Waals surface area (Å²) in [4.78, 5) is 12.0. The summed E-state index contributed by atoms with van der Waals surface area (Å²) in [5.74, 6) is -0.196. The zero-order chi connectivity index (χ0) is 14.8. The smallest absolute Gasteiger partial charge is 0.396 e. The van der Waals surface area contributed by atoms with Crippen molar-refractivity contribution in [3.05, 3.63) is 35.4 Å². The molecule has 0 heterocycles. The number of hydrogen-bond donors (Lipinski definition) is 2. The van der Waals surface area contributed by atoms with E-state index in [9.17, 15) is 18.0 Å². The Kier molecular flexibility index (Phi) is 4.32. The summed E-state index contributed by atoms with van der Waals surface area (Å²) in [6.07, 6.45) is -2.08. The molecule has 3 nitrogen and oxygen atoms in total. The minimum absolute atomic E-state index is 0.0107. The van der Waals surface area contributed by atoms with Gasteiger partial charge in [0, 0.05) is 18.2 Å². The molecular formula is C14H16F3NO2. The molecule has 110 valence electrons. The number of halogens is 3. The molecule has 1 fully saturated rings. The third-order valence-corrected chi connectivity index (χ3v) is 3.40. The minimum Gasteiger partial charge on any atom is -0.396 e. The number of aliphatic hydroxyl groups is 1. The van der Waals surface area contributed by atoms with Crippen LogP contribution in [0.5, 0.6) is 0 Å². The van der Waals surface area contributed by atoms with Gasteiger partial charge in [-0.2, -0.15) is 13.2 Å². The number of nitrogens with one attached hydrogen (secondary N) is 1. The Morgan fingerprint density at radius 2 is 2.10 bits per heavy atom. The lowest BCUT2D eigenvalue weighted by atomic mass is 10.1. The molecule has 6 heteroatoms. The van der Waals surface area contributed by atoms with Crippen LogP contribution < -0.4 is 5.32 Å². The molecule has 1 aliphatic carbocycles. The Hall–Kier alpha value is -1.56. The summed E-state index contributed by atoms with van der Waals surface area (Å²) < 4.78 is 37.8. The number of alkyl halides is 3. The number of aliphatic hydroxyl groups excluding tert-OH is 1. The lowest BCUT2D eigenvalue weighted by Crippen LogP contribution is -2.37. The van der Waals surface area contributed by atoms with Gasteiger partial charge in [0.2, 0.25) is 0 Å². The molecule has 0 saturated heterocycles. The first-order valence-electron chi connectivity index (χ1n) is 6.51. The van der Waals surface area contributed by atoms with Crippen LogP contribution in [0.25, 0.3) is 0 Å². The SMILES string of the molecule is O=C(NC(CCO)C1CC1)c1cccc(C(F)(F)F)c1. The molecule has 1 atom stereocenters. The summed E-state index contributed by atoms with van der Waals surface area (Å²) in [5.41, 5.74) is -0.848. The molecule has 20 heavy (non-hydrogen) atoms. The first-order chi connectivity index (χ1) is 9.41. The maximum Gasteiger partial charge on any atom is 0.416 e. The van der Waals surface area contributed by atoms with Crippen molar-refractivity contribution in [1.82, 2.24) is 5.32 Å². The third-order valence-electron chi connectivity index (χ3n) is 3.40. The zero-order valence-corrected chi connectivity index (χ0v) is 10.8. The van der Waals surface area contributed by atoms with E-state index in [0.29, 0.717) is 12.3 Å². The van der Waals surface area contributed by atoms with Crippen molar-refractivity contribution in [3.8, 4) is 0 Å². The highest BCUT2D eigenvalue weighted by molar-refractivity contribution is 5.94. The van der Waals surface area contributed by atoms with Crippen LogP contribution >= 0.6 is 0 Å². The number of carbonyl (C=O) groups is 1. The third kappa shape index (κ3) is 3.72. The van der Waals surface area contributed by atoms with Gasteiger partial charge >= 0.3 is 6.18 Å². The molecule has 2 N–H and O–H groups in total. The lowest BCUT2D eigenvalue weighted by molar-refractivity contribution is -0.137. The maximum atomic E-state index is 12.6. The van der Waals surface area contributed by atoms with Gasteiger partial charge in [0.15, 0.2) is 0 Å². The van der Waals surface area contributed by atoms with Crippen molar-refractivity contribution in [2.24, 2.45) is 5.92 Å². The summed E-state index contributed by atoms with van der Waals surface area (Å²) in [6, 6.07) is 4.19. The molecule has 2 rings (SSSR count). The highest BCUT2D eigenvalue weighted by Gasteiger charge is 2.33. The first-order valence-corrected chi connectivity index (χ1v) is 6.51. The van der Waals surface area contributed by atoms with Crippen LogP contribution in [-0.2, 0) is 6.18 Å². The maximum absolute atomic E-state index is 12.6. The van der Waals surface area contributed by atoms with Crippen molar-refractivity contribution in [3.63, 3.8) is 0 Å². The van der Waals surface area contributed by atoms with E-state index in [2.05, 4.69) is 5.32 Å². The Morgan fingerprint density at radius 1 is 1.40 bits per heavy atom. The van der Waals surface area contributed by atoms with Gasteiger partial charge in [-0.1, -0.05) is 6.07 Å². The van der Waals surface area contributed by atoms with Gasteiger partial charge in [0.25, 0.3) is 5.91 Å². The molecule has 0 bridgehead atoms. The fourth-order valence-electron chi connectivity index (χ4n) is 2.15. The Balaban J connectivity index is 2.08. The largest absolute Gasteiger partial charge is 0.416 e. The number of benzene rings is 1. The van der Waals surface area contributed by atoms with Gasteiger partial charge in [0.05, 0.1) is 5.56 Å². The van der Waals surface area contributed by atoms with Crippen LogP contribution in [0.4, 0.5) is 13.2 Å². The highest BCUT2D eigenvalue weighted by atomic mass is 19.4. The molecule has 1 amide bonds. The van der Waals surface area contributed by atoms with Gasteiger partial charge in [-0.25, -0.2) is 0 Å². The fourth-order valence-corrected chi connectivity index (χ4v) is 2.15. The molecule has 1 saturated carbocycles. The Bertz CT molecular complexity index is 484. The molecule has 0 spiro atoms. The van der Waals surface area contributed by atoms with E-state index in [1.807, 2.05) is 0 Å². The molecule has 1 unspecified atom stereocenters. The average Bonchev–Trinajstić information content (AvgIpc) is 3.21. The van der Waals surface area contributed by atoms with Gasteiger partial charge in [-0.05, 0) is 43.4 Å². The predicted octanol–water partition coefficient (Wildman–Crippen LogP) is 2.60. The van der Waals surface area contributed by atoms with Crippen molar-refractivity contribution >= 4 is 5.91 Å². The summed E-state index contributed by atoms with van der Waals surface area (Å²) >= 11 is 0. The number of rotatable bonds is 5. The number of hydrogen-bond acceptors (Lipinski definition) is 2. The molecule has 1 aliphatic rings. The second-order valence-electron chi connectivity index (χ2n) is 5.01. The van der Waals surface area contributed by atoms with E-state index in [1.54, 1.807) is 0 Å². The lowest BCUT2D eigenvalue weighted by Gasteiger charge is -2.17. The van der Waals surface area contributed by atoms with Gasteiger partial charge in [-0.3, -0.25) is 4.79 Å². The topological polar surface area (TPSA) is 49.3 Å². The van der Waals surface area contributed by atoms with Gasteiger partial charge in [0.1, 0.15) is 0 Å². The normalized spacial score (nSPS) is 16.8. The second-order valence-corrected chi connectivity index (χ2v) is 5.01. The zero-order valence-electron chi connectivity index (χ0n) is 10.8.